The molecule has 3 rings (SSSR count). The molecule has 0 saturated carbocycles. The van der Waals surface area contributed by atoms with Gasteiger partial charge in [-0.05, 0) is 49.4 Å². The molecule has 2 aromatic heterocycles. The lowest BCUT2D eigenvalue weighted by Crippen LogP contribution is -2.13. The summed E-state index contributed by atoms with van der Waals surface area (Å²) < 4.78 is 5.16. The molecule has 0 spiro atoms. The monoisotopic (exact) mass is 317 g/mol. The molecule has 0 unspecified atom stereocenters. The molecule has 0 bridgehead atoms. The number of carbonyl (C=O) groups excluding carboxylic acids is 2. The number of esters is 1. The van der Waals surface area contributed by atoms with E-state index in [1.807, 2.05) is 6.07 Å². The maximum atomic E-state index is 12.1. The Bertz CT molecular complexity index is 632. The molecule has 1 aliphatic carbocycles. The van der Waals surface area contributed by atoms with Crippen LogP contribution >= 0.6 is 11.3 Å². The first-order chi connectivity index (χ1) is 10.7. The van der Waals surface area contributed by atoms with Crippen LogP contribution in [0.4, 0.5) is 0 Å². The summed E-state index contributed by atoms with van der Waals surface area (Å²) in [7, 11) is 0. The summed E-state index contributed by atoms with van der Waals surface area (Å²) in [6.07, 6.45) is 8.67. The molecule has 0 atom stereocenters. The third kappa shape index (κ3) is 3.47. The molecule has 2 heterocycles. The zero-order valence-corrected chi connectivity index (χ0v) is 13.2. The fourth-order valence-corrected chi connectivity index (χ4v) is 3.88. The van der Waals surface area contributed by atoms with E-state index in [0.29, 0.717) is 10.6 Å². The van der Waals surface area contributed by atoms with E-state index in [-0.39, 0.29) is 12.4 Å². The Morgan fingerprint density at radius 2 is 2.00 bits per heavy atom. The molecule has 5 heteroatoms. The second-order valence-electron chi connectivity index (χ2n) is 5.56. The Hall–Kier alpha value is -1.88. The predicted octanol–water partition coefficient (Wildman–Crippen LogP) is 3.77. The van der Waals surface area contributed by atoms with Gasteiger partial charge in [-0.1, -0.05) is 12.8 Å². The molecule has 4 nitrogen and oxygen atoms in total. The number of fused-ring (bicyclic) bond motifs is 1. The molecule has 0 radical (unpaired) electrons. The number of nitrogens with one attached hydrogen (secondary N) is 1. The zero-order valence-electron chi connectivity index (χ0n) is 12.4. The number of carbonyl (C=O) groups is 2. The van der Waals surface area contributed by atoms with Crippen LogP contribution in [0.15, 0.2) is 24.4 Å². The molecule has 1 aliphatic rings. The maximum Gasteiger partial charge on any atom is 0.348 e. The highest BCUT2D eigenvalue weighted by Gasteiger charge is 2.18. The number of aromatic amines is 1. The topological polar surface area (TPSA) is 59.2 Å². The van der Waals surface area contributed by atoms with Crippen LogP contribution in [0.25, 0.3) is 0 Å². The Labute approximate surface area is 133 Å². The molecule has 0 amide bonds. The van der Waals surface area contributed by atoms with Crippen LogP contribution in [0, 0.1) is 0 Å². The number of ketones is 1. The van der Waals surface area contributed by atoms with Gasteiger partial charge in [-0.15, -0.1) is 11.3 Å². The molecule has 0 aromatic carbocycles. The van der Waals surface area contributed by atoms with Crippen molar-refractivity contribution in [3.63, 3.8) is 0 Å². The molecule has 22 heavy (non-hydrogen) atoms. The number of rotatable bonds is 4. The lowest BCUT2D eigenvalue weighted by Gasteiger charge is -2.07. The molecule has 0 fully saturated rings. The SMILES string of the molecule is O=C(COC(=O)c1cc2c(s1)CCCCCC2)c1ccc[nH]1. The largest absolute Gasteiger partial charge is 0.453 e. The van der Waals surface area contributed by atoms with Crippen LogP contribution in [0.5, 0.6) is 0 Å². The summed E-state index contributed by atoms with van der Waals surface area (Å²) in [5.41, 5.74) is 1.75. The Morgan fingerprint density at radius 1 is 1.18 bits per heavy atom. The van der Waals surface area contributed by atoms with Gasteiger partial charge in [0, 0.05) is 11.1 Å². The Morgan fingerprint density at radius 3 is 2.77 bits per heavy atom. The smallest absolute Gasteiger partial charge is 0.348 e. The Kier molecular flexibility index (Phi) is 4.73. The Balaban J connectivity index is 1.62. The highest BCUT2D eigenvalue weighted by Crippen LogP contribution is 2.28. The van der Waals surface area contributed by atoms with Gasteiger partial charge in [0.2, 0.25) is 5.78 Å². The summed E-state index contributed by atoms with van der Waals surface area (Å²) in [6, 6.07) is 5.37. The van der Waals surface area contributed by atoms with Crippen molar-refractivity contribution in [3.05, 3.63) is 45.4 Å². The maximum absolute atomic E-state index is 12.1. The summed E-state index contributed by atoms with van der Waals surface area (Å²) in [5, 5.41) is 0. The second kappa shape index (κ2) is 6.92. The summed E-state index contributed by atoms with van der Waals surface area (Å²) >= 11 is 1.52. The van der Waals surface area contributed by atoms with Crippen LogP contribution in [0.1, 0.15) is 56.3 Å². The van der Waals surface area contributed by atoms with Gasteiger partial charge in [-0.2, -0.15) is 0 Å². The van der Waals surface area contributed by atoms with Crippen molar-refractivity contribution in [1.82, 2.24) is 4.98 Å². The molecular formula is C17H19NO3S. The minimum absolute atomic E-state index is 0.215. The quantitative estimate of drug-likeness (QED) is 0.689. The first-order valence-electron chi connectivity index (χ1n) is 7.69. The van der Waals surface area contributed by atoms with E-state index in [1.165, 1.54) is 47.5 Å². The van der Waals surface area contributed by atoms with Gasteiger partial charge < -0.3 is 9.72 Å². The lowest BCUT2D eigenvalue weighted by molar-refractivity contribution is 0.0478. The van der Waals surface area contributed by atoms with Crippen LogP contribution in [-0.4, -0.2) is 23.3 Å². The summed E-state index contributed by atoms with van der Waals surface area (Å²) in [4.78, 5) is 28.7. The van der Waals surface area contributed by atoms with E-state index in [2.05, 4.69) is 4.98 Å². The first kappa shape index (κ1) is 15.0. The van der Waals surface area contributed by atoms with Gasteiger partial charge in [0.15, 0.2) is 6.61 Å². The summed E-state index contributed by atoms with van der Waals surface area (Å²) in [6.45, 7) is -0.220. The number of Topliss-reactive ketones (excluding diaryl/α,β-unsaturated/α-hetero) is 1. The minimum atomic E-state index is -0.392. The number of aryl methyl sites for hydroxylation is 2. The standard InChI is InChI=1S/C17H19NO3S/c19-14(13-7-5-9-18-13)11-21-17(20)16-10-12-6-3-1-2-4-8-15(12)22-16/h5,7,9-10,18H,1-4,6,8,11H2. The highest BCUT2D eigenvalue weighted by atomic mass is 32.1. The van der Waals surface area contributed by atoms with Crippen molar-refractivity contribution in [2.75, 3.05) is 6.61 Å². The fraction of sp³-hybridized carbons (Fsp3) is 0.412. The van der Waals surface area contributed by atoms with Crippen LogP contribution in [0.2, 0.25) is 0 Å². The van der Waals surface area contributed by atoms with E-state index >= 15 is 0 Å². The third-order valence-corrected chi connectivity index (χ3v) is 5.15. The summed E-state index contributed by atoms with van der Waals surface area (Å²) in [5.74, 6) is -0.607. The van der Waals surface area contributed by atoms with E-state index in [9.17, 15) is 9.59 Å². The van der Waals surface area contributed by atoms with E-state index in [0.717, 1.165) is 12.8 Å². The predicted molar refractivity (Wildman–Crippen MR) is 85.6 cm³/mol. The lowest BCUT2D eigenvalue weighted by atomic mass is 10.00. The minimum Gasteiger partial charge on any atom is -0.453 e. The van der Waals surface area contributed by atoms with Crippen LogP contribution in [-0.2, 0) is 17.6 Å². The number of hydrogen-bond donors (Lipinski definition) is 1. The van der Waals surface area contributed by atoms with Crippen LogP contribution < -0.4 is 0 Å². The highest BCUT2D eigenvalue weighted by molar-refractivity contribution is 7.14. The van der Waals surface area contributed by atoms with E-state index in [1.54, 1.807) is 18.3 Å². The van der Waals surface area contributed by atoms with Crippen molar-refractivity contribution < 1.29 is 14.3 Å². The van der Waals surface area contributed by atoms with Gasteiger partial charge in [0.1, 0.15) is 4.88 Å². The molecule has 1 N–H and O–H groups in total. The zero-order chi connectivity index (χ0) is 15.4. The van der Waals surface area contributed by atoms with Crippen molar-refractivity contribution in [1.29, 1.82) is 0 Å². The van der Waals surface area contributed by atoms with Crippen molar-refractivity contribution in [3.8, 4) is 0 Å². The van der Waals surface area contributed by atoms with Gasteiger partial charge in [-0.3, -0.25) is 4.79 Å². The normalized spacial score (nSPS) is 14.7. The van der Waals surface area contributed by atoms with Crippen molar-refractivity contribution >= 4 is 23.1 Å². The average Bonchev–Trinajstić information content (AvgIpc) is 3.14. The molecular weight excluding hydrogens is 298 g/mol. The molecule has 2 aromatic rings. The van der Waals surface area contributed by atoms with Gasteiger partial charge >= 0.3 is 5.97 Å². The van der Waals surface area contributed by atoms with Crippen molar-refractivity contribution in [2.45, 2.75) is 38.5 Å². The van der Waals surface area contributed by atoms with E-state index < -0.39 is 5.97 Å². The average molecular weight is 317 g/mol. The van der Waals surface area contributed by atoms with Gasteiger partial charge in [-0.25, -0.2) is 4.79 Å². The van der Waals surface area contributed by atoms with Crippen molar-refractivity contribution in [2.24, 2.45) is 0 Å². The third-order valence-electron chi connectivity index (χ3n) is 3.93. The molecule has 0 saturated heterocycles. The van der Waals surface area contributed by atoms with Crippen LogP contribution in [0.3, 0.4) is 0 Å². The first-order valence-corrected chi connectivity index (χ1v) is 8.51. The van der Waals surface area contributed by atoms with E-state index in [4.69, 9.17) is 4.74 Å². The molecule has 0 aliphatic heterocycles. The number of aromatic nitrogens is 1. The fourth-order valence-electron chi connectivity index (χ4n) is 2.73. The van der Waals surface area contributed by atoms with Gasteiger partial charge in [0.05, 0.1) is 5.69 Å². The number of hydrogen-bond acceptors (Lipinski definition) is 4. The molecule has 116 valence electrons. The second-order valence-corrected chi connectivity index (χ2v) is 6.69. The number of ether oxygens (including phenoxy) is 1. The number of thiophene rings is 1. The van der Waals surface area contributed by atoms with Gasteiger partial charge in [0.25, 0.3) is 0 Å². The number of H-pyrrole nitrogens is 1.